The van der Waals surface area contributed by atoms with Crippen molar-refractivity contribution in [2.75, 3.05) is 13.7 Å². The molecule has 1 aromatic carbocycles. The zero-order valence-corrected chi connectivity index (χ0v) is 9.59. The van der Waals surface area contributed by atoms with Crippen LogP contribution < -0.4 is 0 Å². The molecule has 0 radical (unpaired) electrons. The van der Waals surface area contributed by atoms with Gasteiger partial charge in [-0.3, -0.25) is 9.59 Å². The number of carbonyl (C=O) groups excluding carboxylic acids is 2. The van der Waals surface area contributed by atoms with Gasteiger partial charge in [0.25, 0.3) is 0 Å². The average molecular weight is 234 g/mol. The molecule has 0 spiro atoms. The molecule has 0 bridgehead atoms. The second-order valence-corrected chi connectivity index (χ2v) is 3.99. The highest BCUT2D eigenvalue weighted by Gasteiger charge is 2.40. The fraction of sp³-hybridized carbons (Fsp3) is 0.385. The Morgan fingerprint density at radius 2 is 2.12 bits per heavy atom. The van der Waals surface area contributed by atoms with Gasteiger partial charge in [-0.2, -0.15) is 0 Å². The molecule has 90 valence electrons. The van der Waals surface area contributed by atoms with Crippen LogP contribution in [0.5, 0.6) is 0 Å². The van der Waals surface area contributed by atoms with Crippen LogP contribution in [0, 0.1) is 5.92 Å². The third-order valence-electron chi connectivity index (χ3n) is 2.87. The Kier molecular flexibility index (Phi) is 3.54. The highest BCUT2D eigenvalue weighted by Crippen LogP contribution is 2.20. The van der Waals surface area contributed by atoms with Gasteiger partial charge >= 0.3 is 5.97 Å². The summed E-state index contributed by atoms with van der Waals surface area (Å²) in [5.74, 6) is -1.44. The van der Waals surface area contributed by atoms with Crippen molar-refractivity contribution in [1.82, 2.24) is 0 Å². The van der Waals surface area contributed by atoms with E-state index in [0.717, 1.165) is 5.56 Å². The molecule has 0 aliphatic carbocycles. The number of carbonyl (C=O) groups is 2. The number of ketones is 1. The van der Waals surface area contributed by atoms with E-state index in [0.29, 0.717) is 6.42 Å². The Morgan fingerprint density at radius 1 is 1.41 bits per heavy atom. The lowest BCUT2D eigenvalue weighted by Gasteiger charge is -2.08. The maximum Gasteiger partial charge on any atom is 0.318 e. The zero-order valence-electron chi connectivity index (χ0n) is 9.59. The molecule has 17 heavy (non-hydrogen) atoms. The van der Waals surface area contributed by atoms with Gasteiger partial charge in [0, 0.05) is 6.42 Å². The lowest BCUT2D eigenvalue weighted by Crippen LogP contribution is -2.28. The molecule has 0 N–H and O–H groups in total. The highest BCUT2D eigenvalue weighted by atomic mass is 16.5. The Bertz CT molecular complexity index is 413. The van der Waals surface area contributed by atoms with E-state index in [4.69, 9.17) is 4.74 Å². The van der Waals surface area contributed by atoms with Crippen LogP contribution in [0.1, 0.15) is 5.56 Å². The predicted octanol–water partition coefficient (Wildman–Crippen LogP) is 0.986. The summed E-state index contributed by atoms with van der Waals surface area (Å²) in [7, 11) is 1.28. The summed E-state index contributed by atoms with van der Waals surface area (Å²) in [5, 5.41) is 0. The van der Waals surface area contributed by atoms with Crippen LogP contribution >= 0.6 is 0 Å². The molecular weight excluding hydrogens is 220 g/mol. The predicted molar refractivity (Wildman–Crippen MR) is 60.4 cm³/mol. The van der Waals surface area contributed by atoms with Crippen molar-refractivity contribution >= 4 is 11.8 Å². The standard InChI is InChI=1S/C13H14O4/c1-16-13(15)10-8-17-11(12(10)14)7-9-5-3-2-4-6-9/h2-6,10-11H,7-8H2,1H3/t10?,11-/m1/s1. The number of rotatable bonds is 3. The number of benzene rings is 1. The molecule has 0 amide bonds. The molecule has 0 aromatic heterocycles. The van der Waals surface area contributed by atoms with E-state index in [-0.39, 0.29) is 12.4 Å². The van der Waals surface area contributed by atoms with Crippen molar-refractivity contribution in [2.45, 2.75) is 12.5 Å². The quantitative estimate of drug-likeness (QED) is 0.578. The average Bonchev–Trinajstić information content (AvgIpc) is 2.72. The van der Waals surface area contributed by atoms with Crippen molar-refractivity contribution in [3.8, 4) is 0 Å². The first-order chi connectivity index (χ1) is 8.22. The summed E-state index contributed by atoms with van der Waals surface area (Å²) in [5.41, 5.74) is 1.02. The minimum absolute atomic E-state index is 0.128. The summed E-state index contributed by atoms with van der Waals surface area (Å²) in [6, 6.07) is 9.60. The minimum Gasteiger partial charge on any atom is -0.468 e. The van der Waals surface area contributed by atoms with E-state index in [2.05, 4.69) is 4.74 Å². The molecule has 2 atom stereocenters. The SMILES string of the molecule is COC(=O)C1CO[C@H](Cc2ccccc2)C1=O. The van der Waals surface area contributed by atoms with Crippen LogP contribution in [0.25, 0.3) is 0 Å². The van der Waals surface area contributed by atoms with Gasteiger partial charge in [-0.1, -0.05) is 30.3 Å². The van der Waals surface area contributed by atoms with Crippen LogP contribution in [0.15, 0.2) is 30.3 Å². The first kappa shape index (κ1) is 11.8. The monoisotopic (exact) mass is 234 g/mol. The van der Waals surface area contributed by atoms with Gasteiger partial charge in [-0.15, -0.1) is 0 Å². The van der Waals surface area contributed by atoms with Crippen LogP contribution in [0.2, 0.25) is 0 Å². The second kappa shape index (κ2) is 5.10. The minimum atomic E-state index is -0.756. The van der Waals surface area contributed by atoms with Gasteiger partial charge in [0.1, 0.15) is 12.0 Å². The summed E-state index contributed by atoms with van der Waals surface area (Å²) >= 11 is 0. The molecule has 1 saturated heterocycles. The van der Waals surface area contributed by atoms with Crippen LogP contribution in [0.3, 0.4) is 0 Å². The number of methoxy groups -OCH3 is 1. The second-order valence-electron chi connectivity index (χ2n) is 3.99. The lowest BCUT2D eigenvalue weighted by molar-refractivity contribution is -0.147. The smallest absolute Gasteiger partial charge is 0.318 e. The molecular formula is C13H14O4. The molecule has 0 saturated carbocycles. The summed E-state index contributed by atoms with van der Waals surface area (Å²) in [6.45, 7) is 0.128. The number of esters is 1. The van der Waals surface area contributed by atoms with E-state index >= 15 is 0 Å². The van der Waals surface area contributed by atoms with Gasteiger partial charge in [0.2, 0.25) is 0 Å². The van der Waals surface area contributed by atoms with Crippen molar-refractivity contribution in [2.24, 2.45) is 5.92 Å². The van der Waals surface area contributed by atoms with Crippen LogP contribution in [-0.4, -0.2) is 31.6 Å². The molecule has 1 aliphatic rings. The summed E-state index contributed by atoms with van der Waals surface area (Å²) < 4.78 is 9.92. The van der Waals surface area contributed by atoms with E-state index in [1.807, 2.05) is 30.3 Å². The van der Waals surface area contributed by atoms with Crippen molar-refractivity contribution in [1.29, 1.82) is 0 Å². The molecule has 1 aliphatic heterocycles. The van der Waals surface area contributed by atoms with E-state index in [1.165, 1.54) is 7.11 Å². The fourth-order valence-corrected chi connectivity index (χ4v) is 1.92. The van der Waals surface area contributed by atoms with Gasteiger partial charge < -0.3 is 9.47 Å². The summed E-state index contributed by atoms with van der Waals surface area (Å²) in [4.78, 5) is 23.2. The molecule has 4 nitrogen and oxygen atoms in total. The fourth-order valence-electron chi connectivity index (χ4n) is 1.92. The van der Waals surface area contributed by atoms with Crippen molar-refractivity contribution in [3.63, 3.8) is 0 Å². The largest absolute Gasteiger partial charge is 0.468 e. The molecule has 1 aromatic rings. The molecule has 1 unspecified atom stereocenters. The highest BCUT2D eigenvalue weighted by molar-refractivity contribution is 6.02. The third-order valence-corrected chi connectivity index (χ3v) is 2.87. The Hall–Kier alpha value is -1.68. The molecule has 1 fully saturated rings. The van der Waals surface area contributed by atoms with E-state index in [9.17, 15) is 9.59 Å². The lowest BCUT2D eigenvalue weighted by atomic mass is 9.99. The molecule has 1 heterocycles. The molecule has 4 heteroatoms. The van der Waals surface area contributed by atoms with Gasteiger partial charge in [0.15, 0.2) is 5.78 Å². The van der Waals surface area contributed by atoms with Crippen molar-refractivity contribution in [3.05, 3.63) is 35.9 Å². The first-order valence-corrected chi connectivity index (χ1v) is 5.49. The molecule has 2 rings (SSSR count). The van der Waals surface area contributed by atoms with E-state index < -0.39 is 18.0 Å². The van der Waals surface area contributed by atoms with Crippen LogP contribution in [0.4, 0.5) is 0 Å². The van der Waals surface area contributed by atoms with Gasteiger partial charge in [-0.05, 0) is 5.56 Å². The van der Waals surface area contributed by atoms with E-state index in [1.54, 1.807) is 0 Å². The maximum absolute atomic E-state index is 11.9. The normalized spacial score (nSPS) is 23.7. The maximum atomic E-state index is 11.9. The van der Waals surface area contributed by atoms with Crippen molar-refractivity contribution < 1.29 is 19.1 Å². The third kappa shape index (κ3) is 2.53. The number of hydrogen-bond acceptors (Lipinski definition) is 4. The van der Waals surface area contributed by atoms with Gasteiger partial charge in [0.05, 0.1) is 13.7 Å². The summed E-state index contributed by atoms with van der Waals surface area (Å²) in [6.07, 6.45) is -0.0193. The topological polar surface area (TPSA) is 52.6 Å². The number of Topliss-reactive ketones (excluding diaryl/α,β-unsaturated/α-hetero) is 1. The number of hydrogen-bond donors (Lipinski definition) is 0. The Labute approximate surface area is 99.5 Å². The first-order valence-electron chi connectivity index (χ1n) is 5.49. The van der Waals surface area contributed by atoms with Crippen LogP contribution in [-0.2, 0) is 25.5 Å². The van der Waals surface area contributed by atoms with Gasteiger partial charge in [-0.25, -0.2) is 0 Å². The number of ether oxygens (including phenoxy) is 2. The Balaban J connectivity index is 2.01. The zero-order chi connectivity index (χ0) is 12.3. The Morgan fingerprint density at radius 3 is 2.76 bits per heavy atom.